The molecule has 0 aliphatic heterocycles. The number of hydrogen-bond donors (Lipinski definition) is 1. The maximum atomic E-state index is 13.0. The Labute approximate surface area is 109 Å². The topological polar surface area (TPSA) is 48.7 Å². The van der Waals surface area contributed by atoms with E-state index in [1.165, 1.54) is 12.1 Å². The van der Waals surface area contributed by atoms with Gasteiger partial charge in [0.15, 0.2) is 0 Å². The van der Waals surface area contributed by atoms with Crippen molar-refractivity contribution in [3.05, 3.63) is 45.7 Å². The van der Waals surface area contributed by atoms with E-state index in [9.17, 15) is 4.39 Å². The first-order valence-electron chi connectivity index (χ1n) is 5.48. The molecule has 3 nitrogen and oxygen atoms in total. The van der Waals surface area contributed by atoms with Crippen LogP contribution in [0, 0.1) is 24.1 Å². The molecule has 0 saturated carbocycles. The van der Waals surface area contributed by atoms with E-state index >= 15 is 0 Å². The standard InChI is InChI=1S/C13H12FN3S/c1-8(13-7-18-9(2)17-13)16-12-4-3-11(14)5-10(12)6-15/h3-5,7-8,16H,1-2H3. The number of hydrogen-bond acceptors (Lipinski definition) is 4. The van der Waals surface area contributed by atoms with Gasteiger partial charge in [0.25, 0.3) is 0 Å². The molecule has 0 amide bonds. The van der Waals surface area contributed by atoms with Gasteiger partial charge in [-0.05, 0) is 32.0 Å². The number of nitriles is 1. The summed E-state index contributed by atoms with van der Waals surface area (Å²) in [6, 6.07) is 6.09. The maximum Gasteiger partial charge on any atom is 0.124 e. The molecule has 0 aliphatic carbocycles. The molecule has 1 heterocycles. The zero-order valence-corrected chi connectivity index (χ0v) is 10.9. The van der Waals surface area contributed by atoms with Gasteiger partial charge < -0.3 is 5.32 Å². The van der Waals surface area contributed by atoms with E-state index in [-0.39, 0.29) is 6.04 Å². The maximum absolute atomic E-state index is 13.0. The summed E-state index contributed by atoms with van der Waals surface area (Å²) in [5.74, 6) is -0.408. The quantitative estimate of drug-likeness (QED) is 0.917. The number of nitrogens with zero attached hydrogens (tertiary/aromatic N) is 2. The Hall–Kier alpha value is -1.93. The van der Waals surface area contributed by atoms with Gasteiger partial charge in [-0.15, -0.1) is 11.3 Å². The normalized spacial score (nSPS) is 11.9. The van der Waals surface area contributed by atoms with Crippen LogP contribution in [0.4, 0.5) is 10.1 Å². The van der Waals surface area contributed by atoms with Gasteiger partial charge in [0.1, 0.15) is 11.9 Å². The Kier molecular flexibility index (Phi) is 3.58. The highest BCUT2D eigenvalue weighted by molar-refractivity contribution is 7.09. The van der Waals surface area contributed by atoms with E-state index in [2.05, 4.69) is 10.3 Å². The van der Waals surface area contributed by atoms with Gasteiger partial charge in [-0.1, -0.05) is 0 Å². The first-order valence-corrected chi connectivity index (χ1v) is 6.36. The molecule has 0 aliphatic rings. The largest absolute Gasteiger partial charge is 0.376 e. The highest BCUT2D eigenvalue weighted by atomic mass is 32.1. The second kappa shape index (κ2) is 5.15. The molecule has 18 heavy (non-hydrogen) atoms. The van der Waals surface area contributed by atoms with E-state index in [4.69, 9.17) is 5.26 Å². The zero-order chi connectivity index (χ0) is 13.1. The summed E-state index contributed by atoms with van der Waals surface area (Å²) >= 11 is 1.58. The lowest BCUT2D eigenvalue weighted by atomic mass is 10.1. The minimum atomic E-state index is -0.408. The van der Waals surface area contributed by atoms with Crippen LogP contribution in [0.3, 0.4) is 0 Å². The number of benzene rings is 1. The lowest BCUT2D eigenvalue weighted by Crippen LogP contribution is -2.08. The average molecular weight is 261 g/mol. The van der Waals surface area contributed by atoms with Crippen molar-refractivity contribution in [2.75, 3.05) is 5.32 Å². The Morgan fingerprint density at radius 3 is 2.89 bits per heavy atom. The molecule has 2 rings (SSSR count). The van der Waals surface area contributed by atoms with Gasteiger partial charge in [-0.2, -0.15) is 5.26 Å². The van der Waals surface area contributed by atoms with Crippen LogP contribution < -0.4 is 5.32 Å². The number of aryl methyl sites for hydroxylation is 1. The molecule has 2 aromatic rings. The molecular weight excluding hydrogens is 249 g/mol. The third kappa shape index (κ3) is 2.66. The SMILES string of the molecule is Cc1nc(C(C)Nc2ccc(F)cc2C#N)cs1. The van der Waals surface area contributed by atoms with Crippen molar-refractivity contribution in [2.24, 2.45) is 0 Å². The highest BCUT2D eigenvalue weighted by Crippen LogP contribution is 2.23. The minimum Gasteiger partial charge on any atom is -0.376 e. The Balaban J connectivity index is 2.22. The second-order valence-corrected chi connectivity index (χ2v) is 5.02. The van der Waals surface area contributed by atoms with Crippen molar-refractivity contribution in [2.45, 2.75) is 19.9 Å². The number of aromatic nitrogens is 1. The van der Waals surface area contributed by atoms with Crippen LogP contribution in [-0.4, -0.2) is 4.98 Å². The van der Waals surface area contributed by atoms with Gasteiger partial charge in [-0.3, -0.25) is 0 Å². The average Bonchev–Trinajstić information content (AvgIpc) is 2.78. The zero-order valence-electron chi connectivity index (χ0n) is 10.1. The summed E-state index contributed by atoms with van der Waals surface area (Å²) < 4.78 is 13.0. The summed E-state index contributed by atoms with van der Waals surface area (Å²) in [7, 11) is 0. The van der Waals surface area contributed by atoms with Crippen LogP contribution in [-0.2, 0) is 0 Å². The summed E-state index contributed by atoms with van der Waals surface area (Å²) in [4.78, 5) is 4.38. The molecule has 1 N–H and O–H groups in total. The number of thiazole rings is 1. The number of rotatable bonds is 3. The van der Waals surface area contributed by atoms with Crippen molar-refractivity contribution in [1.82, 2.24) is 4.98 Å². The predicted molar refractivity (Wildman–Crippen MR) is 70.0 cm³/mol. The van der Waals surface area contributed by atoms with Gasteiger partial charge in [-0.25, -0.2) is 9.37 Å². The van der Waals surface area contributed by atoms with Crippen molar-refractivity contribution in [3.63, 3.8) is 0 Å². The molecule has 5 heteroatoms. The fourth-order valence-electron chi connectivity index (χ4n) is 1.62. The van der Waals surface area contributed by atoms with Crippen LogP contribution in [0.1, 0.15) is 29.2 Å². The van der Waals surface area contributed by atoms with Gasteiger partial charge in [0.2, 0.25) is 0 Å². The molecule has 0 radical (unpaired) electrons. The smallest absolute Gasteiger partial charge is 0.124 e. The summed E-state index contributed by atoms with van der Waals surface area (Å²) in [5.41, 5.74) is 1.84. The van der Waals surface area contributed by atoms with Crippen molar-refractivity contribution in [1.29, 1.82) is 5.26 Å². The van der Waals surface area contributed by atoms with E-state index in [1.54, 1.807) is 17.4 Å². The summed E-state index contributed by atoms with van der Waals surface area (Å²) in [6.45, 7) is 3.90. The summed E-state index contributed by atoms with van der Waals surface area (Å²) in [6.07, 6.45) is 0. The number of anilines is 1. The molecule has 1 aromatic carbocycles. The number of nitrogens with one attached hydrogen (secondary N) is 1. The third-order valence-electron chi connectivity index (χ3n) is 2.55. The van der Waals surface area contributed by atoms with Crippen molar-refractivity contribution >= 4 is 17.0 Å². The van der Waals surface area contributed by atoms with Crippen LogP contribution in [0.15, 0.2) is 23.6 Å². The molecule has 1 atom stereocenters. The van der Waals surface area contributed by atoms with Crippen LogP contribution in [0.25, 0.3) is 0 Å². The first kappa shape index (κ1) is 12.5. The van der Waals surface area contributed by atoms with E-state index in [1.807, 2.05) is 25.3 Å². The first-order chi connectivity index (χ1) is 8.60. The molecule has 0 saturated heterocycles. The predicted octanol–water partition coefficient (Wildman–Crippen LogP) is 3.64. The molecular formula is C13H12FN3S. The van der Waals surface area contributed by atoms with E-state index in [0.29, 0.717) is 11.3 Å². The Morgan fingerprint density at radius 2 is 2.28 bits per heavy atom. The van der Waals surface area contributed by atoms with Gasteiger partial charge >= 0.3 is 0 Å². The van der Waals surface area contributed by atoms with Crippen molar-refractivity contribution in [3.8, 4) is 6.07 Å². The van der Waals surface area contributed by atoms with Gasteiger partial charge in [0.05, 0.1) is 28.0 Å². The van der Waals surface area contributed by atoms with E-state index in [0.717, 1.165) is 10.7 Å². The molecule has 0 bridgehead atoms. The minimum absolute atomic E-state index is 0.0208. The lowest BCUT2D eigenvalue weighted by Gasteiger charge is -2.14. The Morgan fingerprint density at radius 1 is 1.50 bits per heavy atom. The fourth-order valence-corrected chi connectivity index (χ4v) is 2.33. The number of halogens is 1. The fraction of sp³-hybridized carbons (Fsp3) is 0.231. The highest BCUT2D eigenvalue weighted by Gasteiger charge is 2.11. The van der Waals surface area contributed by atoms with E-state index < -0.39 is 5.82 Å². The second-order valence-electron chi connectivity index (χ2n) is 3.96. The lowest BCUT2D eigenvalue weighted by molar-refractivity contribution is 0.627. The monoisotopic (exact) mass is 261 g/mol. The summed E-state index contributed by atoms with van der Waals surface area (Å²) in [5, 5.41) is 15.1. The molecule has 0 fully saturated rings. The van der Waals surface area contributed by atoms with Crippen LogP contribution >= 0.6 is 11.3 Å². The molecule has 1 aromatic heterocycles. The molecule has 0 spiro atoms. The molecule has 92 valence electrons. The van der Waals surface area contributed by atoms with Crippen molar-refractivity contribution < 1.29 is 4.39 Å². The van der Waals surface area contributed by atoms with Gasteiger partial charge in [0, 0.05) is 5.38 Å². The Bertz CT molecular complexity index is 601. The van der Waals surface area contributed by atoms with Crippen LogP contribution in [0.2, 0.25) is 0 Å². The van der Waals surface area contributed by atoms with Crippen LogP contribution in [0.5, 0.6) is 0 Å². The third-order valence-corrected chi connectivity index (χ3v) is 3.35. The molecule has 1 unspecified atom stereocenters.